The molecule has 1 N–H and O–H groups in total. The van der Waals surface area contributed by atoms with Crippen LogP contribution in [0.3, 0.4) is 0 Å². The molecule has 0 saturated heterocycles. The summed E-state index contributed by atoms with van der Waals surface area (Å²) < 4.78 is 7.18. The number of benzene rings is 2. The first kappa shape index (κ1) is 19.8. The molecule has 4 rings (SSSR count). The lowest BCUT2D eigenvalue weighted by atomic mass is 10.1. The van der Waals surface area contributed by atoms with Gasteiger partial charge in [0.1, 0.15) is 17.0 Å². The zero-order valence-electron chi connectivity index (χ0n) is 16.7. The smallest absolute Gasteiger partial charge is 0.271 e. The molecule has 4 aromatic rings. The minimum Gasteiger partial charge on any atom is -0.496 e. The van der Waals surface area contributed by atoms with Crippen molar-refractivity contribution in [3.63, 3.8) is 0 Å². The normalized spacial score (nSPS) is 10.9. The number of methoxy groups -OCH3 is 1. The van der Waals surface area contributed by atoms with E-state index in [1.54, 1.807) is 7.11 Å². The summed E-state index contributed by atoms with van der Waals surface area (Å²) in [6, 6.07) is 15.6. The quantitative estimate of drug-likeness (QED) is 0.517. The van der Waals surface area contributed by atoms with Crippen molar-refractivity contribution in [3.05, 3.63) is 81.7 Å². The lowest BCUT2D eigenvalue weighted by Crippen LogP contribution is -2.32. The second kappa shape index (κ2) is 8.51. The maximum atomic E-state index is 12.9. The molecule has 7 heteroatoms. The molecule has 0 aliphatic heterocycles. The Bertz CT molecular complexity index is 1260. The van der Waals surface area contributed by atoms with Crippen molar-refractivity contribution in [2.24, 2.45) is 0 Å². The Morgan fingerprint density at radius 3 is 2.70 bits per heavy atom. The van der Waals surface area contributed by atoms with E-state index < -0.39 is 0 Å². The molecule has 152 valence electrons. The largest absolute Gasteiger partial charge is 0.496 e. The SMILES string of the molecule is COc1ccccc1CNC(=O)Cn1cnc2c(-c3ccc(C)cc3)csc2c1=O. The molecule has 0 atom stereocenters. The number of nitrogens with zero attached hydrogens (tertiary/aromatic N) is 2. The van der Waals surface area contributed by atoms with E-state index in [0.717, 1.165) is 16.7 Å². The molecule has 6 nitrogen and oxygen atoms in total. The van der Waals surface area contributed by atoms with Crippen LogP contribution in [-0.4, -0.2) is 22.6 Å². The van der Waals surface area contributed by atoms with Crippen molar-refractivity contribution < 1.29 is 9.53 Å². The monoisotopic (exact) mass is 419 g/mol. The Balaban J connectivity index is 1.52. The molecule has 0 aliphatic rings. The number of aromatic nitrogens is 2. The van der Waals surface area contributed by atoms with E-state index in [1.165, 1.54) is 27.8 Å². The van der Waals surface area contributed by atoms with Gasteiger partial charge in [-0.15, -0.1) is 11.3 Å². The third-order valence-electron chi connectivity index (χ3n) is 4.89. The fraction of sp³-hybridized carbons (Fsp3) is 0.174. The number of ether oxygens (including phenoxy) is 1. The minimum absolute atomic E-state index is 0.0886. The zero-order valence-corrected chi connectivity index (χ0v) is 17.5. The molecule has 1 amide bonds. The highest BCUT2D eigenvalue weighted by Crippen LogP contribution is 2.30. The predicted molar refractivity (Wildman–Crippen MR) is 119 cm³/mol. The van der Waals surface area contributed by atoms with Crippen LogP contribution in [0, 0.1) is 6.92 Å². The van der Waals surface area contributed by atoms with Gasteiger partial charge in [0.05, 0.1) is 19.0 Å². The molecule has 2 aromatic heterocycles. The number of nitrogens with one attached hydrogen (secondary N) is 1. The Hall–Kier alpha value is -3.45. The highest BCUT2D eigenvalue weighted by molar-refractivity contribution is 7.17. The minimum atomic E-state index is -0.264. The van der Waals surface area contributed by atoms with Gasteiger partial charge in [-0.3, -0.25) is 14.2 Å². The molecule has 0 spiro atoms. The molecule has 0 bridgehead atoms. The number of thiophene rings is 1. The number of aryl methyl sites for hydroxylation is 1. The van der Waals surface area contributed by atoms with Gasteiger partial charge in [-0.25, -0.2) is 4.98 Å². The highest BCUT2D eigenvalue weighted by Gasteiger charge is 2.14. The van der Waals surface area contributed by atoms with Crippen molar-refractivity contribution >= 4 is 27.5 Å². The van der Waals surface area contributed by atoms with Crippen LogP contribution in [0.5, 0.6) is 5.75 Å². The van der Waals surface area contributed by atoms with Crippen LogP contribution in [0.15, 0.2) is 65.0 Å². The van der Waals surface area contributed by atoms with Crippen LogP contribution in [0.2, 0.25) is 0 Å². The van der Waals surface area contributed by atoms with Gasteiger partial charge < -0.3 is 10.1 Å². The van der Waals surface area contributed by atoms with Crippen LogP contribution in [0.4, 0.5) is 0 Å². The maximum Gasteiger partial charge on any atom is 0.271 e. The van der Waals surface area contributed by atoms with E-state index in [0.29, 0.717) is 22.5 Å². The average Bonchev–Trinajstić information content (AvgIpc) is 3.20. The Labute approximate surface area is 177 Å². The molecule has 2 heterocycles. The summed E-state index contributed by atoms with van der Waals surface area (Å²) in [4.78, 5) is 29.7. The maximum absolute atomic E-state index is 12.9. The van der Waals surface area contributed by atoms with Gasteiger partial charge in [0.2, 0.25) is 5.91 Å². The average molecular weight is 420 g/mol. The number of rotatable bonds is 6. The summed E-state index contributed by atoms with van der Waals surface area (Å²) >= 11 is 1.35. The number of hydrogen-bond acceptors (Lipinski definition) is 5. The molecule has 0 unspecified atom stereocenters. The summed E-state index contributed by atoms with van der Waals surface area (Å²) in [6.45, 7) is 2.27. The molecule has 30 heavy (non-hydrogen) atoms. The van der Waals surface area contributed by atoms with E-state index in [9.17, 15) is 9.59 Å². The number of para-hydroxylation sites is 1. The van der Waals surface area contributed by atoms with Crippen molar-refractivity contribution in [2.75, 3.05) is 7.11 Å². The number of amides is 1. The lowest BCUT2D eigenvalue weighted by Gasteiger charge is -2.10. The highest BCUT2D eigenvalue weighted by atomic mass is 32.1. The van der Waals surface area contributed by atoms with Gasteiger partial charge in [0.25, 0.3) is 5.56 Å². The number of carbonyl (C=O) groups excluding carboxylic acids is 1. The third-order valence-corrected chi connectivity index (χ3v) is 5.85. The topological polar surface area (TPSA) is 73.2 Å². The summed E-state index contributed by atoms with van der Waals surface area (Å²) in [5, 5.41) is 4.77. The van der Waals surface area contributed by atoms with Gasteiger partial charge in [0, 0.05) is 23.1 Å². The van der Waals surface area contributed by atoms with Gasteiger partial charge in [-0.2, -0.15) is 0 Å². The molecule has 0 saturated carbocycles. The molecule has 0 radical (unpaired) electrons. The fourth-order valence-corrected chi connectivity index (χ4v) is 4.22. The third kappa shape index (κ3) is 3.97. The van der Waals surface area contributed by atoms with E-state index >= 15 is 0 Å². The summed E-state index contributed by atoms with van der Waals surface area (Å²) in [6.07, 6.45) is 1.44. The van der Waals surface area contributed by atoms with Crippen molar-refractivity contribution in [2.45, 2.75) is 20.0 Å². The van der Waals surface area contributed by atoms with Gasteiger partial charge in [0.15, 0.2) is 0 Å². The lowest BCUT2D eigenvalue weighted by molar-refractivity contribution is -0.121. The summed E-state index contributed by atoms with van der Waals surface area (Å²) in [7, 11) is 1.59. The van der Waals surface area contributed by atoms with Crippen molar-refractivity contribution in [3.8, 4) is 16.9 Å². The molecule has 0 aliphatic carbocycles. The summed E-state index contributed by atoms with van der Waals surface area (Å²) in [5.74, 6) is 0.444. The van der Waals surface area contributed by atoms with E-state index in [2.05, 4.69) is 10.3 Å². The Kier molecular flexibility index (Phi) is 5.63. The number of carbonyl (C=O) groups is 1. The van der Waals surface area contributed by atoms with Crippen molar-refractivity contribution in [1.29, 1.82) is 0 Å². The van der Waals surface area contributed by atoms with Crippen LogP contribution >= 0.6 is 11.3 Å². The molecule has 2 aromatic carbocycles. The van der Waals surface area contributed by atoms with Crippen LogP contribution < -0.4 is 15.6 Å². The zero-order chi connectivity index (χ0) is 21.1. The Morgan fingerprint density at radius 2 is 1.93 bits per heavy atom. The van der Waals surface area contributed by atoms with E-state index in [4.69, 9.17) is 4.74 Å². The van der Waals surface area contributed by atoms with E-state index in [1.807, 2.05) is 60.8 Å². The first-order valence-electron chi connectivity index (χ1n) is 9.49. The van der Waals surface area contributed by atoms with Gasteiger partial charge in [-0.1, -0.05) is 48.0 Å². The molecule has 0 fully saturated rings. The van der Waals surface area contributed by atoms with Crippen molar-refractivity contribution in [1.82, 2.24) is 14.9 Å². The van der Waals surface area contributed by atoms with Gasteiger partial charge >= 0.3 is 0 Å². The summed E-state index contributed by atoms with van der Waals surface area (Å²) in [5.41, 5.74) is 4.45. The Morgan fingerprint density at radius 1 is 1.17 bits per heavy atom. The first-order chi connectivity index (χ1) is 14.6. The fourth-order valence-electron chi connectivity index (χ4n) is 3.25. The van der Waals surface area contributed by atoms with Crippen LogP contribution in [0.25, 0.3) is 21.3 Å². The van der Waals surface area contributed by atoms with E-state index in [-0.39, 0.29) is 18.0 Å². The molecular formula is C23H21N3O3S. The molecular weight excluding hydrogens is 398 g/mol. The first-order valence-corrected chi connectivity index (χ1v) is 10.4. The second-order valence-corrected chi connectivity index (χ2v) is 7.84. The standard InChI is InChI=1S/C23H21N3O3S/c1-15-7-9-16(10-8-15)18-13-30-22-21(18)25-14-26(23(22)28)12-20(27)24-11-17-5-3-4-6-19(17)29-2/h3-10,13-14H,11-12H2,1-2H3,(H,24,27). The number of hydrogen-bond donors (Lipinski definition) is 1. The predicted octanol–water partition coefficient (Wildman–Crippen LogP) is 3.76. The van der Waals surface area contributed by atoms with Crippen LogP contribution in [0.1, 0.15) is 11.1 Å². The second-order valence-electron chi connectivity index (χ2n) is 6.96. The van der Waals surface area contributed by atoms with Gasteiger partial charge in [-0.05, 0) is 18.6 Å². The number of fused-ring (bicyclic) bond motifs is 1. The van der Waals surface area contributed by atoms with Crippen LogP contribution in [-0.2, 0) is 17.9 Å².